The van der Waals surface area contributed by atoms with Crippen molar-refractivity contribution in [3.8, 4) is 0 Å². The van der Waals surface area contributed by atoms with Gasteiger partial charge in [-0.15, -0.1) is 0 Å². The Labute approximate surface area is 66.5 Å². The lowest BCUT2D eigenvalue weighted by Crippen LogP contribution is -1.97. The molecule has 0 amide bonds. The van der Waals surface area contributed by atoms with E-state index in [0.29, 0.717) is 6.42 Å². The Balaban J connectivity index is 3.09. The summed E-state index contributed by atoms with van der Waals surface area (Å²) in [6, 6.07) is 0. The van der Waals surface area contributed by atoms with Crippen LogP contribution in [0.4, 0.5) is 0 Å². The predicted octanol–water partition coefficient (Wildman–Crippen LogP) is 2.39. The van der Waals surface area contributed by atoms with Gasteiger partial charge in [0, 0.05) is 12.2 Å². The van der Waals surface area contributed by atoms with Gasteiger partial charge in [-0.2, -0.15) is 0 Å². The van der Waals surface area contributed by atoms with Crippen molar-refractivity contribution in [2.75, 3.05) is 5.75 Å². The quantitative estimate of drug-likeness (QED) is 0.581. The first-order valence-corrected chi connectivity index (χ1v) is 4.54. The third-order valence-corrected chi connectivity index (χ3v) is 1.54. The van der Waals surface area contributed by atoms with E-state index in [0.717, 1.165) is 18.6 Å². The molecular formula is C7H14O2S. The van der Waals surface area contributed by atoms with Gasteiger partial charge in [-0.25, -0.2) is 0 Å². The number of carbonyl (C=O) groups is 1. The maximum absolute atomic E-state index is 10.7. The molecule has 0 radical (unpaired) electrons. The van der Waals surface area contributed by atoms with Gasteiger partial charge < -0.3 is 4.18 Å². The zero-order chi connectivity index (χ0) is 7.82. The van der Waals surface area contributed by atoms with Crippen LogP contribution in [0.15, 0.2) is 0 Å². The molecular weight excluding hydrogens is 148 g/mol. The van der Waals surface area contributed by atoms with Crippen LogP contribution in [0.25, 0.3) is 0 Å². The second-order valence-electron chi connectivity index (χ2n) is 1.97. The van der Waals surface area contributed by atoms with Crippen molar-refractivity contribution in [3.63, 3.8) is 0 Å². The Bertz CT molecular complexity index is 83.6. The van der Waals surface area contributed by atoms with Gasteiger partial charge in [0.05, 0.1) is 12.0 Å². The van der Waals surface area contributed by atoms with Crippen LogP contribution < -0.4 is 0 Å². The summed E-state index contributed by atoms with van der Waals surface area (Å²) in [5.41, 5.74) is 0. The first kappa shape index (κ1) is 9.82. The first-order valence-electron chi connectivity index (χ1n) is 3.63. The number of hydrogen-bond acceptors (Lipinski definition) is 3. The third-order valence-electron chi connectivity index (χ3n) is 1.00. The molecule has 3 heteroatoms. The molecule has 0 unspecified atom stereocenters. The maximum atomic E-state index is 10.7. The average molecular weight is 162 g/mol. The predicted molar refractivity (Wildman–Crippen MR) is 43.7 cm³/mol. The maximum Gasteiger partial charge on any atom is 0.317 e. The highest BCUT2D eigenvalue weighted by molar-refractivity contribution is 7.95. The largest absolute Gasteiger partial charge is 0.391 e. The van der Waals surface area contributed by atoms with Crippen molar-refractivity contribution in [1.82, 2.24) is 0 Å². The normalized spacial score (nSPS) is 9.40. The molecule has 0 rings (SSSR count). The Morgan fingerprint density at radius 3 is 2.70 bits per heavy atom. The van der Waals surface area contributed by atoms with Crippen molar-refractivity contribution in [3.05, 3.63) is 0 Å². The van der Waals surface area contributed by atoms with Gasteiger partial charge in [0.2, 0.25) is 0 Å². The fourth-order valence-electron chi connectivity index (χ4n) is 0.487. The van der Waals surface area contributed by atoms with E-state index in [4.69, 9.17) is 4.18 Å². The van der Waals surface area contributed by atoms with Gasteiger partial charge in [0.25, 0.3) is 0 Å². The summed E-state index contributed by atoms with van der Waals surface area (Å²) in [4.78, 5) is 10.7. The summed E-state index contributed by atoms with van der Waals surface area (Å²) >= 11 is 1.22. The van der Waals surface area contributed by atoms with Gasteiger partial charge in [-0.1, -0.05) is 20.3 Å². The van der Waals surface area contributed by atoms with Crippen LogP contribution in [0.2, 0.25) is 0 Å². The standard InChI is InChI=1S/C7H14O2S/c1-3-5-6-7(8)9-10-4-2/h3-6H2,1-2H3. The SMILES string of the molecule is CCCCC(=O)OSCC. The van der Waals surface area contributed by atoms with Crippen molar-refractivity contribution in [1.29, 1.82) is 0 Å². The van der Waals surface area contributed by atoms with Crippen LogP contribution in [0.3, 0.4) is 0 Å². The molecule has 0 aromatic rings. The first-order chi connectivity index (χ1) is 4.81. The Morgan fingerprint density at radius 2 is 2.20 bits per heavy atom. The van der Waals surface area contributed by atoms with Crippen LogP contribution in [0, 0.1) is 0 Å². The summed E-state index contributed by atoms with van der Waals surface area (Å²) in [5.74, 6) is 0.742. The summed E-state index contributed by atoms with van der Waals surface area (Å²) in [6.45, 7) is 4.01. The number of rotatable bonds is 5. The smallest absolute Gasteiger partial charge is 0.317 e. The average Bonchev–Trinajstić information content (AvgIpc) is 1.97. The van der Waals surface area contributed by atoms with Gasteiger partial charge in [0.15, 0.2) is 0 Å². The third kappa shape index (κ3) is 5.95. The fraction of sp³-hybridized carbons (Fsp3) is 0.857. The summed E-state index contributed by atoms with van der Waals surface area (Å²) in [6.07, 6.45) is 2.54. The Hall–Kier alpha value is -0.180. The zero-order valence-corrected chi connectivity index (χ0v) is 7.37. The number of carbonyl (C=O) groups excluding carboxylic acids is 1. The van der Waals surface area contributed by atoms with E-state index < -0.39 is 0 Å². The van der Waals surface area contributed by atoms with Gasteiger partial charge in [0.1, 0.15) is 0 Å². The molecule has 0 aliphatic rings. The molecule has 0 saturated carbocycles. The van der Waals surface area contributed by atoms with E-state index in [1.807, 2.05) is 6.92 Å². The monoisotopic (exact) mass is 162 g/mol. The van der Waals surface area contributed by atoms with Crippen LogP contribution in [0.1, 0.15) is 33.1 Å². The minimum atomic E-state index is -0.0892. The van der Waals surface area contributed by atoms with Gasteiger partial charge >= 0.3 is 5.97 Å². The van der Waals surface area contributed by atoms with E-state index in [-0.39, 0.29) is 5.97 Å². The van der Waals surface area contributed by atoms with E-state index in [2.05, 4.69) is 6.92 Å². The molecule has 0 aliphatic carbocycles. The summed E-state index contributed by atoms with van der Waals surface area (Å²) in [7, 11) is 0. The Kier molecular flexibility index (Phi) is 6.81. The van der Waals surface area contributed by atoms with Crippen molar-refractivity contribution in [2.45, 2.75) is 33.1 Å². The molecule has 0 atom stereocenters. The van der Waals surface area contributed by atoms with Gasteiger partial charge in [-0.3, -0.25) is 4.79 Å². The minimum Gasteiger partial charge on any atom is -0.391 e. The molecule has 0 spiro atoms. The highest BCUT2D eigenvalue weighted by Crippen LogP contribution is 2.05. The number of hydrogen-bond donors (Lipinski definition) is 0. The molecule has 0 heterocycles. The van der Waals surface area contributed by atoms with Crippen LogP contribution in [-0.4, -0.2) is 11.7 Å². The Morgan fingerprint density at radius 1 is 1.50 bits per heavy atom. The molecule has 0 fully saturated rings. The molecule has 2 nitrogen and oxygen atoms in total. The van der Waals surface area contributed by atoms with Gasteiger partial charge in [-0.05, 0) is 6.42 Å². The van der Waals surface area contributed by atoms with Crippen LogP contribution >= 0.6 is 12.0 Å². The summed E-state index contributed by atoms with van der Waals surface area (Å²) in [5, 5.41) is 0. The highest BCUT2D eigenvalue weighted by Gasteiger charge is 1.99. The van der Waals surface area contributed by atoms with Crippen molar-refractivity contribution >= 4 is 18.0 Å². The van der Waals surface area contributed by atoms with E-state index in [9.17, 15) is 4.79 Å². The zero-order valence-electron chi connectivity index (χ0n) is 6.55. The topological polar surface area (TPSA) is 26.3 Å². The second-order valence-corrected chi connectivity index (χ2v) is 2.95. The highest BCUT2D eigenvalue weighted by atomic mass is 32.2. The lowest BCUT2D eigenvalue weighted by atomic mass is 10.3. The molecule has 60 valence electrons. The lowest BCUT2D eigenvalue weighted by Gasteiger charge is -1.98. The molecule has 0 aromatic heterocycles. The molecule has 0 bridgehead atoms. The van der Waals surface area contributed by atoms with Crippen LogP contribution in [-0.2, 0) is 8.98 Å². The lowest BCUT2D eigenvalue weighted by molar-refractivity contribution is -0.133. The van der Waals surface area contributed by atoms with E-state index in [1.54, 1.807) is 0 Å². The molecule has 0 aromatic carbocycles. The minimum absolute atomic E-state index is 0.0892. The molecule has 0 saturated heterocycles. The number of unbranched alkanes of at least 4 members (excludes halogenated alkanes) is 1. The van der Waals surface area contributed by atoms with E-state index >= 15 is 0 Å². The molecule has 0 aliphatic heterocycles. The van der Waals surface area contributed by atoms with Crippen molar-refractivity contribution in [2.24, 2.45) is 0 Å². The van der Waals surface area contributed by atoms with E-state index in [1.165, 1.54) is 12.0 Å². The molecule has 0 N–H and O–H groups in total. The van der Waals surface area contributed by atoms with Crippen molar-refractivity contribution < 1.29 is 8.98 Å². The molecule has 10 heavy (non-hydrogen) atoms. The fourth-order valence-corrected chi connectivity index (χ4v) is 0.820. The second kappa shape index (κ2) is 6.93. The summed E-state index contributed by atoms with van der Waals surface area (Å²) < 4.78 is 4.77. The van der Waals surface area contributed by atoms with Crippen LogP contribution in [0.5, 0.6) is 0 Å².